The summed E-state index contributed by atoms with van der Waals surface area (Å²) < 4.78 is 0. The first-order valence-corrected chi connectivity index (χ1v) is 8.06. The Morgan fingerprint density at radius 1 is 1.08 bits per heavy atom. The third-order valence-electron chi connectivity index (χ3n) is 3.79. The van der Waals surface area contributed by atoms with E-state index in [4.69, 9.17) is 23.2 Å². The van der Waals surface area contributed by atoms with Gasteiger partial charge in [0.15, 0.2) is 5.78 Å². The van der Waals surface area contributed by atoms with Gasteiger partial charge in [0, 0.05) is 15.6 Å². The molecule has 1 unspecified atom stereocenters. The maximum atomic E-state index is 12.3. The summed E-state index contributed by atoms with van der Waals surface area (Å²) in [6.07, 6.45) is 0. The summed E-state index contributed by atoms with van der Waals surface area (Å²) in [7, 11) is 0. The number of hydrogen-bond donors (Lipinski definition) is 2. The molecular weight excluding hydrogens is 347 g/mol. The monoisotopic (exact) mass is 360 g/mol. The molecule has 6 heteroatoms. The first-order chi connectivity index (χ1) is 11.5. The van der Waals surface area contributed by atoms with Crippen LogP contribution in [0.4, 0.5) is 4.79 Å². The van der Waals surface area contributed by atoms with Gasteiger partial charge in [-0.25, -0.2) is 4.79 Å². The maximum Gasteiger partial charge on any atom is 0.320 e. The number of ketones is 1. The van der Waals surface area contributed by atoms with E-state index in [9.17, 15) is 9.59 Å². The Hall–Kier alpha value is -2.30. The molecular formula is C18H14Cl2N2O2. The van der Waals surface area contributed by atoms with Crippen molar-refractivity contribution in [2.24, 2.45) is 0 Å². The van der Waals surface area contributed by atoms with Crippen molar-refractivity contribution in [3.8, 4) is 0 Å². The summed E-state index contributed by atoms with van der Waals surface area (Å²) in [5.41, 5.74) is 2.31. The number of halogens is 2. The van der Waals surface area contributed by atoms with E-state index in [1.54, 1.807) is 18.2 Å². The van der Waals surface area contributed by atoms with Crippen molar-refractivity contribution in [1.82, 2.24) is 10.6 Å². The van der Waals surface area contributed by atoms with E-state index in [1.807, 2.05) is 30.3 Å². The van der Waals surface area contributed by atoms with Gasteiger partial charge in [-0.05, 0) is 30.2 Å². The van der Waals surface area contributed by atoms with E-state index in [-0.39, 0.29) is 5.78 Å². The normalized spacial score (nSPS) is 17.3. The van der Waals surface area contributed by atoms with Gasteiger partial charge in [0.2, 0.25) is 0 Å². The first-order valence-electron chi connectivity index (χ1n) is 7.30. The SMILES string of the molecule is CC(=O)C1=C(c2ccccc2)NC(=O)NC1c1ccc(Cl)cc1Cl. The molecule has 1 aliphatic heterocycles. The quantitative estimate of drug-likeness (QED) is 0.854. The fourth-order valence-electron chi connectivity index (χ4n) is 2.75. The van der Waals surface area contributed by atoms with Crippen molar-refractivity contribution >= 4 is 40.7 Å². The highest BCUT2D eigenvalue weighted by atomic mass is 35.5. The third kappa shape index (κ3) is 3.16. The van der Waals surface area contributed by atoms with E-state index in [2.05, 4.69) is 10.6 Å². The fraction of sp³-hybridized carbons (Fsp3) is 0.111. The number of carbonyl (C=O) groups is 2. The van der Waals surface area contributed by atoms with Gasteiger partial charge in [-0.15, -0.1) is 0 Å². The summed E-state index contributed by atoms with van der Waals surface area (Å²) >= 11 is 12.2. The number of Topliss-reactive ketones (excluding diaryl/α,β-unsaturated/α-hetero) is 1. The smallest absolute Gasteiger partial charge is 0.320 e. The molecule has 24 heavy (non-hydrogen) atoms. The molecule has 1 atom stereocenters. The largest absolute Gasteiger partial charge is 0.327 e. The molecule has 2 aromatic carbocycles. The van der Waals surface area contributed by atoms with Crippen LogP contribution >= 0.6 is 23.2 Å². The summed E-state index contributed by atoms with van der Waals surface area (Å²) in [6.45, 7) is 1.47. The van der Waals surface area contributed by atoms with E-state index >= 15 is 0 Å². The Labute approximate surface area is 149 Å². The number of rotatable bonds is 3. The van der Waals surface area contributed by atoms with Crippen LogP contribution in [-0.2, 0) is 4.79 Å². The van der Waals surface area contributed by atoms with Crippen LogP contribution in [0.25, 0.3) is 5.70 Å². The summed E-state index contributed by atoms with van der Waals surface area (Å²) in [4.78, 5) is 24.5. The van der Waals surface area contributed by atoms with E-state index < -0.39 is 12.1 Å². The van der Waals surface area contributed by atoms with Crippen LogP contribution in [0.2, 0.25) is 10.0 Å². The van der Waals surface area contributed by atoms with Crippen LogP contribution in [0, 0.1) is 0 Å². The molecule has 2 amide bonds. The highest BCUT2D eigenvalue weighted by molar-refractivity contribution is 6.35. The van der Waals surface area contributed by atoms with Gasteiger partial charge in [-0.1, -0.05) is 59.6 Å². The van der Waals surface area contributed by atoms with E-state index in [0.29, 0.717) is 26.9 Å². The lowest BCUT2D eigenvalue weighted by Crippen LogP contribution is -2.44. The Kier molecular flexibility index (Phi) is 4.60. The van der Waals surface area contributed by atoms with Crippen LogP contribution in [0.5, 0.6) is 0 Å². The molecule has 0 radical (unpaired) electrons. The Morgan fingerprint density at radius 3 is 2.42 bits per heavy atom. The number of amides is 2. The molecule has 3 rings (SSSR count). The zero-order valence-corrected chi connectivity index (χ0v) is 14.3. The van der Waals surface area contributed by atoms with Crippen molar-refractivity contribution < 1.29 is 9.59 Å². The van der Waals surface area contributed by atoms with Crippen molar-refractivity contribution in [2.45, 2.75) is 13.0 Å². The number of hydrogen-bond acceptors (Lipinski definition) is 2. The van der Waals surface area contributed by atoms with Crippen molar-refractivity contribution in [2.75, 3.05) is 0 Å². The summed E-state index contributed by atoms with van der Waals surface area (Å²) in [5, 5.41) is 6.38. The molecule has 0 saturated carbocycles. The van der Waals surface area contributed by atoms with Gasteiger partial charge in [0.05, 0.1) is 11.7 Å². The van der Waals surface area contributed by atoms with E-state index in [1.165, 1.54) is 6.92 Å². The number of nitrogens with one attached hydrogen (secondary N) is 2. The topological polar surface area (TPSA) is 58.2 Å². The zero-order valence-electron chi connectivity index (χ0n) is 12.8. The second kappa shape index (κ2) is 6.67. The minimum Gasteiger partial charge on any atom is -0.327 e. The van der Waals surface area contributed by atoms with Crippen molar-refractivity contribution in [1.29, 1.82) is 0 Å². The molecule has 0 bridgehead atoms. The second-order valence-corrected chi connectivity index (χ2v) is 6.25. The molecule has 1 aliphatic rings. The second-order valence-electron chi connectivity index (χ2n) is 5.41. The molecule has 2 N–H and O–H groups in total. The predicted molar refractivity (Wildman–Crippen MR) is 94.9 cm³/mol. The van der Waals surface area contributed by atoms with Crippen molar-refractivity contribution in [3.63, 3.8) is 0 Å². The van der Waals surface area contributed by atoms with Gasteiger partial charge >= 0.3 is 6.03 Å². The predicted octanol–water partition coefficient (Wildman–Crippen LogP) is 4.35. The first kappa shape index (κ1) is 16.6. The van der Waals surface area contributed by atoms with Gasteiger partial charge in [-0.3, -0.25) is 4.79 Å². The average molecular weight is 361 g/mol. The minimum atomic E-state index is -0.642. The highest BCUT2D eigenvalue weighted by Gasteiger charge is 2.32. The summed E-state index contributed by atoms with van der Waals surface area (Å²) in [6, 6.07) is 13.2. The summed E-state index contributed by atoms with van der Waals surface area (Å²) in [5.74, 6) is -0.155. The molecule has 1 heterocycles. The Balaban J connectivity index is 2.20. The maximum absolute atomic E-state index is 12.3. The van der Waals surface area contributed by atoms with Crippen LogP contribution in [-0.4, -0.2) is 11.8 Å². The molecule has 0 fully saturated rings. The van der Waals surface area contributed by atoms with Gasteiger partial charge in [-0.2, -0.15) is 0 Å². The van der Waals surface area contributed by atoms with Crippen LogP contribution in [0.15, 0.2) is 54.1 Å². The number of carbonyl (C=O) groups excluding carboxylic acids is 2. The zero-order chi connectivity index (χ0) is 17.3. The van der Waals surface area contributed by atoms with Crippen LogP contribution in [0.1, 0.15) is 24.1 Å². The fourth-order valence-corrected chi connectivity index (χ4v) is 3.26. The Bertz CT molecular complexity index is 847. The molecule has 122 valence electrons. The standard InChI is InChI=1S/C18H14Cl2N2O2/c1-10(23)15-16(11-5-3-2-4-6-11)21-18(24)22-17(15)13-8-7-12(19)9-14(13)20/h2-9,17H,1H3,(H2,21,22,24). The lowest BCUT2D eigenvalue weighted by molar-refractivity contribution is -0.113. The highest BCUT2D eigenvalue weighted by Crippen LogP contribution is 2.35. The third-order valence-corrected chi connectivity index (χ3v) is 4.35. The van der Waals surface area contributed by atoms with Gasteiger partial charge in [0.25, 0.3) is 0 Å². The van der Waals surface area contributed by atoms with Crippen LogP contribution in [0.3, 0.4) is 0 Å². The lowest BCUT2D eigenvalue weighted by Gasteiger charge is -2.30. The van der Waals surface area contributed by atoms with E-state index in [0.717, 1.165) is 5.56 Å². The molecule has 0 aromatic heterocycles. The molecule has 2 aromatic rings. The minimum absolute atomic E-state index is 0.155. The number of urea groups is 1. The average Bonchev–Trinajstić information content (AvgIpc) is 2.54. The van der Waals surface area contributed by atoms with Crippen LogP contribution < -0.4 is 10.6 Å². The Morgan fingerprint density at radius 2 is 1.79 bits per heavy atom. The number of benzene rings is 2. The molecule has 4 nitrogen and oxygen atoms in total. The van der Waals surface area contributed by atoms with Gasteiger partial charge < -0.3 is 10.6 Å². The van der Waals surface area contributed by atoms with Crippen molar-refractivity contribution in [3.05, 3.63) is 75.3 Å². The molecule has 0 aliphatic carbocycles. The van der Waals surface area contributed by atoms with Gasteiger partial charge in [0.1, 0.15) is 0 Å². The molecule has 0 saturated heterocycles. The molecule has 0 spiro atoms. The lowest BCUT2D eigenvalue weighted by atomic mass is 9.90.